The molecule has 5 N–H and O–H groups in total. The zero-order chi connectivity index (χ0) is 8.10. The molecule has 11 heavy (non-hydrogen) atoms. The van der Waals surface area contributed by atoms with Crippen LogP contribution in [0.2, 0.25) is 0 Å². The average Bonchev–Trinajstić information content (AvgIpc) is 2.52. The van der Waals surface area contributed by atoms with Gasteiger partial charge in [0.05, 0.1) is 12.6 Å². The first kappa shape index (κ1) is 8.29. The third-order valence-electron chi connectivity index (χ3n) is 1.64. The van der Waals surface area contributed by atoms with Gasteiger partial charge in [-0.05, 0) is 12.8 Å². The fraction of sp³-hybridized carbons (Fsp3) is 0.833. The van der Waals surface area contributed by atoms with E-state index in [1.807, 2.05) is 0 Å². The van der Waals surface area contributed by atoms with Gasteiger partial charge in [0, 0.05) is 6.61 Å². The standard InChI is InChI=1S/C6H14N4O/c7-6(10-8)9-4-5-2-1-3-11-5/h5H,1-4,8H2,(H3,7,9,10). The number of nitrogens with one attached hydrogen (secondary N) is 1. The molecule has 1 unspecified atom stereocenters. The first-order valence-electron chi connectivity index (χ1n) is 3.71. The Morgan fingerprint density at radius 2 is 2.55 bits per heavy atom. The Kier molecular flexibility index (Phi) is 3.13. The van der Waals surface area contributed by atoms with Crippen molar-refractivity contribution in [3.8, 4) is 0 Å². The van der Waals surface area contributed by atoms with Gasteiger partial charge in [-0.1, -0.05) is 0 Å². The number of guanidine groups is 1. The largest absolute Gasteiger partial charge is 0.376 e. The summed E-state index contributed by atoms with van der Waals surface area (Å²) in [5.41, 5.74) is 7.57. The molecule has 0 bridgehead atoms. The van der Waals surface area contributed by atoms with Gasteiger partial charge in [-0.2, -0.15) is 0 Å². The molecule has 1 aliphatic rings. The number of nitrogens with zero attached hydrogens (tertiary/aromatic N) is 1. The maximum absolute atomic E-state index is 5.32. The van der Waals surface area contributed by atoms with E-state index >= 15 is 0 Å². The van der Waals surface area contributed by atoms with Crippen LogP contribution in [0.5, 0.6) is 0 Å². The molecule has 5 heteroatoms. The molecule has 5 nitrogen and oxygen atoms in total. The first-order valence-corrected chi connectivity index (χ1v) is 3.71. The second kappa shape index (κ2) is 4.15. The molecule has 0 aliphatic carbocycles. The summed E-state index contributed by atoms with van der Waals surface area (Å²) in [5.74, 6) is 5.27. The fourth-order valence-corrected chi connectivity index (χ4v) is 1.03. The van der Waals surface area contributed by atoms with Crippen LogP contribution in [0.15, 0.2) is 4.99 Å². The number of aliphatic imine (C=N–C) groups is 1. The van der Waals surface area contributed by atoms with Crippen molar-refractivity contribution in [1.29, 1.82) is 0 Å². The molecule has 1 atom stereocenters. The van der Waals surface area contributed by atoms with Gasteiger partial charge in [0.25, 0.3) is 0 Å². The van der Waals surface area contributed by atoms with Gasteiger partial charge < -0.3 is 10.5 Å². The van der Waals surface area contributed by atoms with Crippen molar-refractivity contribution in [3.05, 3.63) is 0 Å². The lowest BCUT2D eigenvalue weighted by atomic mass is 10.2. The van der Waals surface area contributed by atoms with Crippen LogP contribution in [0.25, 0.3) is 0 Å². The summed E-state index contributed by atoms with van der Waals surface area (Å²) in [4.78, 5) is 3.96. The Balaban J connectivity index is 2.19. The lowest BCUT2D eigenvalue weighted by Gasteiger charge is -2.05. The van der Waals surface area contributed by atoms with E-state index in [4.69, 9.17) is 16.3 Å². The molecule has 64 valence electrons. The monoisotopic (exact) mass is 158 g/mol. The van der Waals surface area contributed by atoms with Gasteiger partial charge in [0.2, 0.25) is 5.96 Å². The van der Waals surface area contributed by atoms with E-state index < -0.39 is 0 Å². The SMILES string of the molecule is NNC(N)=NCC1CCCO1. The Bertz CT molecular complexity index is 142. The van der Waals surface area contributed by atoms with Gasteiger partial charge >= 0.3 is 0 Å². The summed E-state index contributed by atoms with van der Waals surface area (Å²) < 4.78 is 5.32. The first-order chi connectivity index (χ1) is 5.33. The highest BCUT2D eigenvalue weighted by Crippen LogP contribution is 2.11. The van der Waals surface area contributed by atoms with Crippen LogP contribution in [0, 0.1) is 0 Å². The molecule has 0 aromatic rings. The predicted octanol–water partition coefficient (Wildman–Crippen LogP) is -1.06. The van der Waals surface area contributed by atoms with E-state index in [9.17, 15) is 0 Å². The summed E-state index contributed by atoms with van der Waals surface area (Å²) in [7, 11) is 0. The number of hydrazine groups is 1. The van der Waals surface area contributed by atoms with Gasteiger partial charge in [0.15, 0.2) is 0 Å². The molecule has 1 aliphatic heterocycles. The number of ether oxygens (including phenoxy) is 1. The van der Waals surface area contributed by atoms with E-state index in [0.29, 0.717) is 6.54 Å². The lowest BCUT2D eigenvalue weighted by Crippen LogP contribution is -2.37. The maximum atomic E-state index is 5.32. The molecule has 0 aromatic heterocycles. The molecular weight excluding hydrogens is 144 g/mol. The Hall–Kier alpha value is -0.810. The van der Waals surface area contributed by atoms with Crippen molar-refractivity contribution < 1.29 is 4.74 Å². The molecule has 0 saturated carbocycles. The quantitative estimate of drug-likeness (QED) is 0.207. The summed E-state index contributed by atoms with van der Waals surface area (Å²) in [6.45, 7) is 1.45. The van der Waals surface area contributed by atoms with Crippen molar-refractivity contribution in [2.45, 2.75) is 18.9 Å². The minimum Gasteiger partial charge on any atom is -0.376 e. The van der Waals surface area contributed by atoms with Crippen LogP contribution in [-0.2, 0) is 4.74 Å². The van der Waals surface area contributed by atoms with Crippen LogP contribution < -0.4 is 17.0 Å². The molecule has 1 fully saturated rings. The van der Waals surface area contributed by atoms with Gasteiger partial charge in [-0.15, -0.1) is 0 Å². The predicted molar refractivity (Wildman–Crippen MR) is 42.8 cm³/mol. The summed E-state index contributed by atoms with van der Waals surface area (Å²) in [6, 6.07) is 0. The van der Waals surface area contributed by atoms with Crippen LogP contribution in [0.4, 0.5) is 0 Å². The van der Waals surface area contributed by atoms with Gasteiger partial charge in [-0.3, -0.25) is 5.43 Å². The third kappa shape index (κ3) is 2.73. The number of hydrogen-bond acceptors (Lipinski definition) is 3. The highest BCUT2D eigenvalue weighted by atomic mass is 16.5. The smallest absolute Gasteiger partial charge is 0.203 e. The van der Waals surface area contributed by atoms with Crippen molar-refractivity contribution in [3.63, 3.8) is 0 Å². The van der Waals surface area contributed by atoms with Crippen LogP contribution in [-0.4, -0.2) is 25.2 Å². The molecule has 1 saturated heterocycles. The molecule has 1 rings (SSSR count). The van der Waals surface area contributed by atoms with Gasteiger partial charge in [0.1, 0.15) is 0 Å². The lowest BCUT2D eigenvalue weighted by molar-refractivity contribution is 0.118. The van der Waals surface area contributed by atoms with E-state index in [1.54, 1.807) is 0 Å². The fourth-order valence-electron chi connectivity index (χ4n) is 1.03. The van der Waals surface area contributed by atoms with Gasteiger partial charge in [-0.25, -0.2) is 10.8 Å². The number of nitrogens with two attached hydrogens (primary N) is 2. The average molecular weight is 158 g/mol. The minimum atomic E-state index is 0.238. The summed E-state index contributed by atoms with van der Waals surface area (Å²) in [6.07, 6.45) is 2.43. The number of hydrogen-bond donors (Lipinski definition) is 3. The summed E-state index contributed by atoms with van der Waals surface area (Å²) in [5, 5.41) is 0. The van der Waals surface area contributed by atoms with Crippen molar-refractivity contribution in [2.75, 3.05) is 13.2 Å². The molecule has 1 heterocycles. The second-order valence-electron chi connectivity index (χ2n) is 2.51. The van der Waals surface area contributed by atoms with Crippen molar-refractivity contribution in [1.82, 2.24) is 5.43 Å². The van der Waals surface area contributed by atoms with E-state index in [1.165, 1.54) is 0 Å². The minimum absolute atomic E-state index is 0.238. The molecule has 0 aromatic carbocycles. The second-order valence-corrected chi connectivity index (χ2v) is 2.51. The molecule has 0 spiro atoms. The maximum Gasteiger partial charge on any atom is 0.203 e. The van der Waals surface area contributed by atoms with Crippen molar-refractivity contribution in [2.24, 2.45) is 16.6 Å². The van der Waals surface area contributed by atoms with Crippen molar-refractivity contribution >= 4 is 5.96 Å². The van der Waals surface area contributed by atoms with Crippen LogP contribution in [0.1, 0.15) is 12.8 Å². The molecule has 0 amide bonds. The Labute approximate surface area is 65.8 Å². The summed E-state index contributed by atoms with van der Waals surface area (Å²) >= 11 is 0. The Morgan fingerprint density at radius 3 is 3.09 bits per heavy atom. The number of rotatable bonds is 2. The van der Waals surface area contributed by atoms with E-state index in [-0.39, 0.29) is 12.1 Å². The normalized spacial score (nSPS) is 25.5. The zero-order valence-electron chi connectivity index (χ0n) is 6.42. The zero-order valence-corrected chi connectivity index (χ0v) is 6.42. The molecular formula is C6H14N4O. The topological polar surface area (TPSA) is 85.7 Å². The Morgan fingerprint density at radius 1 is 1.73 bits per heavy atom. The highest BCUT2D eigenvalue weighted by Gasteiger charge is 2.14. The third-order valence-corrected chi connectivity index (χ3v) is 1.64. The van der Waals surface area contributed by atoms with Crippen LogP contribution >= 0.6 is 0 Å². The highest BCUT2D eigenvalue weighted by molar-refractivity contribution is 5.77. The van der Waals surface area contributed by atoms with E-state index in [2.05, 4.69) is 10.4 Å². The molecule has 0 radical (unpaired) electrons. The van der Waals surface area contributed by atoms with E-state index in [0.717, 1.165) is 19.4 Å². The van der Waals surface area contributed by atoms with Crippen LogP contribution in [0.3, 0.4) is 0 Å².